The highest BCUT2D eigenvalue weighted by Gasteiger charge is 2.26. The molecule has 1 amide bonds. The fourth-order valence-corrected chi connectivity index (χ4v) is 3.07. The van der Waals surface area contributed by atoms with Gasteiger partial charge < -0.3 is 9.15 Å². The maximum atomic E-state index is 12.4. The zero-order chi connectivity index (χ0) is 17.4. The number of H-pyrrole nitrogens is 1. The molecule has 130 valence electrons. The second-order valence-electron chi connectivity index (χ2n) is 6.35. The van der Waals surface area contributed by atoms with Crippen molar-refractivity contribution in [3.8, 4) is 0 Å². The Hall–Kier alpha value is -2.19. The highest BCUT2D eigenvalue weighted by molar-refractivity contribution is 6.01. The Kier molecular flexibility index (Phi) is 4.42. The lowest BCUT2D eigenvalue weighted by Crippen LogP contribution is -2.50. The van der Waals surface area contributed by atoms with Gasteiger partial charge in [-0.3, -0.25) is 19.8 Å². The number of morpholine rings is 1. The number of fused-ring (bicyclic) bond motifs is 1. The minimum Gasteiger partial charge on any atom is -0.444 e. The molecule has 2 N–H and O–H groups in total. The van der Waals surface area contributed by atoms with E-state index in [0.29, 0.717) is 35.4 Å². The monoisotopic (exact) mass is 334 g/mol. The first-order valence-electron chi connectivity index (χ1n) is 8.00. The van der Waals surface area contributed by atoms with Crippen molar-refractivity contribution in [3.05, 3.63) is 21.8 Å². The van der Waals surface area contributed by atoms with Gasteiger partial charge in [-0.15, -0.1) is 0 Å². The molecule has 8 heteroatoms. The Balaban J connectivity index is 1.81. The number of furan rings is 1. The first-order chi connectivity index (χ1) is 11.4. The van der Waals surface area contributed by atoms with Crippen LogP contribution in [0.4, 0.5) is 5.88 Å². The Morgan fingerprint density at radius 3 is 2.88 bits per heavy atom. The Bertz CT molecular complexity index is 825. The summed E-state index contributed by atoms with van der Waals surface area (Å²) < 4.78 is 11.2. The van der Waals surface area contributed by atoms with Crippen LogP contribution in [0.2, 0.25) is 0 Å². The number of hydrogen-bond acceptors (Lipinski definition) is 6. The first-order valence-corrected chi connectivity index (χ1v) is 8.00. The number of hydrogen-bond donors (Lipinski definition) is 2. The number of nitrogens with zero attached hydrogens (tertiary/aromatic N) is 2. The second kappa shape index (κ2) is 6.37. The molecule has 24 heavy (non-hydrogen) atoms. The summed E-state index contributed by atoms with van der Waals surface area (Å²) in [5, 5.41) is 10.1. The van der Waals surface area contributed by atoms with Crippen molar-refractivity contribution >= 4 is 22.6 Å². The zero-order valence-electron chi connectivity index (χ0n) is 14.3. The summed E-state index contributed by atoms with van der Waals surface area (Å²) in [6.45, 7) is 9.04. The van der Waals surface area contributed by atoms with Crippen LogP contribution in [0.5, 0.6) is 0 Å². The lowest BCUT2D eigenvalue weighted by molar-refractivity contribution is -0.121. The third kappa shape index (κ3) is 3.07. The maximum absolute atomic E-state index is 12.4. The molecule has 2 aromatic heterocycles. The predicted molar refractivity (Wildman–Crippen MR) is 89.2 cm³/mol. The van der Waals surface area contributed by atoms with Crippen molar-refractivity contribution in [1.82, 2.24) is 15.1 Å². The van der Waals surface area contributed by atoms with E-state index in [-0.39, 0.29) is 36.0 Å². The SMILES string of the molecule is Cc1n[nH]c(=O)c2c(NC(=O)CN3C[C@H](C)OC[C@H]3C)oc(C)c12. The van der Waals surface area contributed by atoms with Crippen LogP contribution in [0.1, 0.15) is 25.3 Å². The quantitative estimate of drug-likeness (QED) is 0.874. The molecule has 1 aliphatic rings. The van der Waals surface area contributed by atoms with Crippen LogP contribution >= 0.6 is 0 Å². The van der Waals surface area contributed by atoms with Crippen molar-refractivity contribution in [1.29, 1.82) is 0 Å². The topological polar surface area (TPSA) is 100 Å². The molecule has 3 rings (SSSR count). The van der Waals surface area contributed by atoms with Gasteiger partial charge in [0.15, 0.2) is 0 Å². The maximum Gasteiger partial charge on any atom is 0.277 e. The van der Waals surface area contributed by atoms with E-state index in [0.717, 1.165) is 0 Å². The van der Waals surface area contributed by atoms with Crippen LogP contribution in [0, 0.1) is 13.8 Å². The summed E-state index contributed by atoms with van der Waals surface area (Å²) in [4.78, 5) is 26.5. The van der Waals surface area contributed by atoms with Crippen molar-refractivity contribution in [2.24, 2.45) is 0 Å². The number of aromatic amines is 1. The molecule has 0 radical (unpaired) electrons. The average molecular weight is 334 g/mol. The normalized spacial score (nSPS) is 22.0. The molecule has 0 spiro atoms. The Labute approximate surface area is 139 Å². The summed E-state index contributed by atoms with van der Waals surface area (Å²) in [6.07, 6.45) is 0.0947. The van der Waals surface area contributed by atoms with Crippen LogP contribution in [0.25, 0.3) is 10.8 Å². The lowest BCUT2D eigenvalue weighted by Gasteiger charge is -2.36. The van der Waals surface area contributed by atoms with Gasteiger partial charge in [-0.1, -0.05) is 0 Å². The van der Waals surface area contributed by atoms with Gasteiger partial charge in [-0.05, 0) is 27.7 Å². The van der Waals surface area contributed by atoms with E-state index < -0.39 is 0 Å². The van der Waals surface area contributed by atoms with Crippen molar-refractivity contribution in [3.63, 3.8) is 0 Å². The van der Waals surface area contributed by atoms with E-state index in [9.17, 15) is 9.59 Å². The van der Waals surface area contributed by atoms with Crippen LogP contribution in [0.15, 0.2) is 9.21 Å². The lowest BCUT2D eigenvalue weighted by atomic mass is 10.2. The zero-order valence-corrected chi connectivity index (χ0v) is 14.3. The largest absolute Gasteiger partial charge is 0.444 e. The van der Waals surface area contributed by atoms with E-state index >= 15 is 0 Å². The molecular weight excluding hydrogens is 312 g/mol. The fraction of sp³-hybridized carbons (Fsp3) is 0.562. The Morgan fingerprint density at radius 1 is 1.38 bits per heavy atom. The molecule has 1 aliphatic heterocycles. The standard InChI is InChI=1S/C16H22N4O4/c1-8-7-23-9(2)5-20(8)6-12(21)17-16-14-13(11(4)24-16)10(3)18-19-15(14)22/h8-9H,5-7H2,1-4H3,(H,17,21)(H,19,22)/t8-,9+/m1/s1. The van der Waals surface area contributed by atoms with Gasteiger partial charge in [0, 0.05) is 12.6 Å². The van der Waals surface area contributed by atoms with Crippen LogP contribution in [-0.2, 0) is 9.53 Å². The number of ether oxygens (including phenoxy) is 1. The van der Waals surface area contributed by atoms with Gasteiger partial charge in [-0.25, -0.2) is 5.10 Å². The molecule has 0 aliphatic carbocycles. The van der Waals surface area contributed by atoms with Crippen molar-refractivity contribution < 1.29 is 13.9 Å². The van der Waals surface area contributed by atoms with Gasteiger partial charge in [0.1, 0.15) is 11.1 Å². The number of amides is 1. The molecule has 0 bridgehead atoms. The third-order valence-electron chi connectivity index (χ3n) is 4.33. The summed E-state index contributed by atoms with van der Waals surface area (Å²) in [6, 6.07) is 0.164. The number of aromatic nitrogens is 2. The summed E-state index contributed by atoms with van der Waals surface area (Å²) >= 11 is 0. The van der Waals surface area contributed by atoms with Crippen molar-refractivity contribution in [2.45, 2.75) is 39.8 Å². The predicted octanol–water partition coefficient (Wildman–Crippen LogP) is 1.18. The van der Waals surface area contributed by atoms with E-state index in [1.54, 1.807) is 13.8 Å². The molecule has 1 saturated heterocycles. The van der Waals surface area contributed by atoms with Crippen LogP contribution < -0.4 is 10.9 Å². The molecular formula is C16H22N4O4. The second-order valence-corrected chi connectivity index (χ2v) is 6.35. The van der Waals surface area contributed by atoms with E-state index in [2.05, 4.69) is 20.4 Å². The number of anilines is 1. The van der Waals surface area contributed by atoms with Gasteiger partial charge in [-0.2, -0.15) is 5.10 Å². The summed E-state index contributed by atoms with van der Waals surface area (Å²) in [5.41, 5.74) is 0.276. The molecule has 2 atom stereocenters. The summed E-state index contributed by atoms with van der Waals surface area (Å²) in [7, 11) is 0. The molecule has 0 unspecified atom stereocenters. The molecule has 2 aromatic rings. The molecule has 0 saturated carbocycles. The van der Waals surface area contributed by atoms with E-state index in [4.69, 9.17) is 9.15 Å². The molecule has 1 fully saturated rings. The number of rotatable bonds is 3. The van der Waals surface area contributed by atoms with Gasteiger partial charge in [0.2, 0.25) is 11.8 Å². The molecule has 0 aromatic carbocycles. The minimum absolute atomic E-state index is 0.0947. The number of aryl methyl sites for hydroxylation is 2. The Morgan fingerprint density at radius 2 is 2.12 bits per heavy atom. The van der Waals surface area contributed by atoms with Gasteiger partial charge in [0.05, 0.1) is 30.3 Å². The third-order valence-corrected chi connectivity index (χ3v) is 4.33. The highest BCUT2D eigenvalue weighted by atomic mass is 16.5. The van der Waals surface area contributed by atoms with Gasteiger partial charge >= 0.3 is 0 Å². The van der Waals surface area contributed by atoms with Gasteiger partial charge in [0.25, 0.3) is 5.56 Å². The number of carbonyl (C=O) groups excluding carboxylic acids is 1. The average Bonchev–Trinajstić information content (AvgIpc) is 2.84. The number of nitrogens with one attached hydrogen (secondary N) is 2. The fourth-order valence-electron chi connectivity index (χ4n) is 3.07. The molecule has 8 nitrogen and oxygen atoms in total. The van der Waals surface area contributed by atoms with Crippen LogP contribution in [-0.4, -0.2) is 52.8 Å². The highest BCUT2D eigenvalue weighted by Crippen LogP contribution is 2.28. The molecule has 3 heterocycles. The number of carbonyl (C=O) groups is 1. The van der Waals surface area contributed by atoms with E-state index in [1.165, 1.54) is 0 Å². The first kappa shape index (κ1) is 16.7. The minimum atomic E-state index is -0.379. The van der Waals surface area contributed by atoms with Crippen molar-refractivity contribution in [2.75, 3.05) is 25.0 Å². The smallest absolute Gasteiger partial charge is 0.277 e. The van der Waals surface area contributed by atoms with Crippen LogP contribution in [0.3, 0.4) is 0 Å². The van der Waals surface area contributed by atoms with E-state index in [1.807, 2.05) is 13.8 Å². The summed E-state index contributed by atoms with van der Waals surface area (Å²) in [5.74, 6) is 0.512.